The van der Waals surface area contributed by atoms with E-state index >= 15 is 0 Å². The van der Waals surface area contributed by atoms with Crippen LogP contribution in [0.2, 0.25) is 0 Å². The Morgan fingerprint density at radius 1 is 1.12 bits per heavy atom. The number of imidazole rings is 1. The zero-order valence-corrected chi connectivity index (χ0v) is 19.6. The van der Waals surface area contributed by atoms with Crippen molar-refractivity contribution >= 4 is 16.2 Å². The summed E-state index contributed by atoms with van der Waals surface area (Å²) in [5.41, 5.74) is 2.15. The first-order valence-corrected chi connectivity index (χ1v) is 12.1. The fourth-order valence-corrected chi connectivity index (χ4v) is 4.99. The van der Waals surface area contributed by atoms with Crippen LogP contribution in [0.5, 0.6) is 5.75 Å². The summed E-state index contributed by atoms with van der Waals surface area (Å²) in [6.45, 7) is 3.11. The molecule has 11 heteroatoms. The fraction of sp³-hybridized carbons (Fsp3) is 0.435. The molecule has 34 heavy (non-hydrogen) atoms. The number of aliphatic hydroxyl groups excluding tert-OH is 2. The smallest absolute Gasteiger partial charge is 0.151 e. The lowest BCUT2D eigenvalue weighted by Crippen LogP contribution is -2.14. The lowest BCUT2D eigenvalue weighted by molar-refractivity contribution is -0.100. The molecule has 1 saturated carbocycles. The Morgan fingerprint density at radius 2 is 1.91 bits per heavy atom. The minimum Gasteiger partial charge on any atom is -0.491 e. The van der Waals surface area contributed by atoms with E-state index in [0.717, 1.165) is 29.1 Å². The molecule has 4 aromatic rings. The Labute approximate surface area is 200 Å². The Balaban J connectivity index is 1.19. The van der Waals surface area contributed by atoms with E-state index in [1.54, 1.807) is 35.5 Å². The van der Waals surface area contributed by atoms with Crippen molar-refractivity contribution in [1.82, 2.24) is 24.4 Å². The summed E-state index contributed by atoms with van der Waals surface area (Å²) in [5, 5.41) is 28.6. The molecule has 180 valence electrons. The molecule has 1 fully saturated rings. The molecule has 0 radical (unpaired) electrons. The number of ether oxygens (including phenoxy) is 3. The van der Waals surface area contributed by atoms with E-state index in [0.29, 0.717) is 43.8 Å². The van der Waals surface area contributed by atoms with Gasteiger partial charge in [0.25, 0.3) is 0 Å². The summed E-state index contributed by atoms with van der Waals surface area (Å²) < 4.78 is 19.7. The molecule has 2 N–H and O–H groups in total. The molecule has 0 aliphatic heterocycles. The van der Waals surface area contributed by atoms with Crippen LogP contribution < -0.4 is 4.74 Å². The summed E-state index contributed by atoms with van der Waals surface area (Å²) in [6, 6.07) is 7.46. The van der Waals surface area contributed by atoms with Gasteiger partial charge in [-0.25, -0.2) is 9.67 Å². The van der Waals surface area contributed by atoms with Crippen molar-refractivity contribution in [2.45, 2.75) is 38.1 Å². The second-order valence-electron chi connectivity index (χ2n) is 8.14. The quantitative estimate of drug-likeness (QED) is 0.232. The van der Waals surface area contributed by atoms with Crippen LogP contribution in [0, 0.1) is 0 Å². The average Bonchev–Trinajstić information content (AvgIpc) is 3.22. The van der Waals surface area contributed by atoms with Gasteiger partial charge in [-0.3, -0.25) is 4.40 Å². The van der Waals surface area contributed by atoms with Gasteiger partial charge in [0.15, 0.2) is 6.29 Å². The van der Waals surface area contributed by atoms with Gasteiger partial charge in [0.05, 0.1) is 43.6 Å². The highest BCUT2D eigenvalue weighted by Crippen LogP contribution is 2.47. The predicted octanol–water partition coefficient (Wildman–Crippen LogP) is 2.69. The monoisotopic (exact) mass is 485 g/mol. The number of benzene rings is 1. The Morgan fingerprint density at radius 3 is 2.68 bits per heavy atom. The van der Waals surface area contributed by atoms with E-state index in [4.69, 9.17) is 19.3 Å². The molecule has 10 nitrogen and oxygen atoms in total. The van der Waals surface area contributed by atoms with E-state index in [1.165, 1.54) is 4.88 Å². The first kappa shape index (κ1) is 22.9. The number of rotatable bonds is 12. The Kier molecular flexibility index (Phi) is 6.88. The Bertz CT molecular complexity index is 1210. The first-order chi connectivity index (χ1) is 16.6. The third-order valence-corrected chi connectivity index (χ3v) is 6.79. The van der Waals surface area contributed by atoms with Crippen LogP contribution in [-0.4, -0.2) is 67.3 Å². The largest absolute Gasteiger partial charge is 0.491 e. The molecule has 0 saturated heterocycles. The van der Waals surface area contributed by atoms with E-state index in [2.05, 4.69) is 15.3 Å². The number of fused-ring (bicyclic) bond motifs is 1. The maximum absolute atomic E-state index is 11.2. The lowest BCUT2D eigenvalue weighted by Gasteiger charge is -2.10. The van der Waals surface area contributed by atoms with Crippen LogP contribution in [0.25, 0.3) is 10.5 Å². The molecule has 1 aliphatic carbocycles. The van der Waals surface area contributed by atoms with Gasteiger partial charge in [-0.05, 0) is 49.9 Å². The summed E-state index contributed by atoms with van der Waals surface area (Å²) in [4.78, 5) is 6.45. The van der Waals surface area contributed by atoms with Crippen LogP contribution >= 0.6 is 11.3 Å². The van der Waals surface area contributed by atoms with Crippen LogP contribution in [0.15, 0.2) is 43.0 Å². The van der Waals surface area contributed by atoms with Crippen LogP contribution in [0.4, 0.5) is 0 Å². The molecule has 1 aromatic carbocycles. The van der Waals surface area contributed by atoms with Gasteiger partial charge < -0.3 is 24.4 Å². The van der Waals surface area contributed by atoms with E-state index < -0.39 is 12.4 Å². The second-order valence-corrected chi connectivity index (χ2v) is 9.21. The van der Waals surface area contributed by atoms with Crippen molar-refractivity contribution in [3.05, 3.63) is 59.3 Å². The molecule has 0 amide bonds. The van der Waals surface area contributed by atoms with Gasteiger partial charge in [0.1, 0.15) is 35.3 Å². The lowest BCUT2D eigenvalue weighted by atomic mass is 10.1. The maximum Gasteiger partial charge on any atom is 0.151 e. The van der Waals surface area contributed by atoms with Crippen LogP contribution in [0.3, 0.4) is 0 Å². The zero-order valence-electron chi connectivity index (χ0n) is 18.8. The fourth-order valence-electron chi connectivity index (χ4n) is 3.69. The standard InChI is InChI=1S/C23H27N5O5S/c1-15(29)32-10-8-31-9-11-33-18-6-4-17(5-7-18)28-13-19(25-26-28)22(30)21-23(16-2-3-16)34-20-12-24-14-27(20)21/h4-7,12-16,22,29-30H,2-3,8-11H2,1H3. The molecular formula is C23H27N5O5S. The number of nitrogens with zero attached hydrogens (tertiary/aromatic N) is 5. The van der Waals surface area contributed by atoms with Crippen LogP contribution in [-0.2, 0) is 9.47 Å². The van der Waals surface area contributed by atoms with Gasteiger partial charge in [0.2, 0.25) is 0 Å². The molecule has 2 unspecified atom stereocenters. The highest BCUT2D eigenvalue weighted by molar-refractivity contribution is 7.17. The highest BCUT2D eigenvalue weighted by atomic mass is 32.1. The minimum absolute atomic E-state index is 0.336. The topological polar surface area (TPSA) is 116 Å². The van der Waals surface area contributed by atoms with Crippen molar-refractivity contribution in [3.63, 3.8) is 0 Å². The minimum atomic E-state index is -0.874. The first-order valence-electron chi connectivity index (χ1n) is 11.3. The molecular weight excluding hydrogens is 458 g/mol. The SMILES string of the molecule is CC(O)OCCOCCOc1ccc(-n2cc(C(O)c3c(C4CC4)sc4cncn34)nn2)cc1. The summed E-state index contributed by atoms with van der Waals surface area (Å²) in [6.07, 6.45) is 5.97. The van der Waals surface area contributed by atoms with Gasteiger partial charge in [0, 0.05) is 4.88 Å². The van der Waals surface area contributed by atoms with Crippen molar-refractivity contribution in [1.29, 1.82) is 0 Å². The predicted molar refractivity (Wildman–Crippen MR) is 124 cm³/mol. The maximum atomic E-state index is 11.2. The second kappa shape index (κ2) is 10.2. The van der Waals surface area contributed by atoms with E-state index in [-0.39, 0.29) is 0 Å². The van der Waals surface area contributed by atoms with Gasteiger partial charge >= 0.3 is 0 Å². The number of aliphatic hydroxyl groups is 2. The molecule has 0 spiro atoms. The van der Waals surface area contributed by atoms with E-state index in [1.807, 2.05) is 34.9 Å². The molecule has 3 heterocycles. The normalized spacial score (nSPS) is 15.6. The van der Waals surface area contributed by atoms with Gasteiger partial charge in [-0.2, -0.15) is 0 Å². The van der Waals surface area contributed by atoms with Crippen molar-refractivity contribution < 1.29 is 24.4 Å². The number of aromatic nitrogens is 5. The number of hydrogen-bond donors (Lipinski definition) is 2. The molecule has 3 aromatic heterocycles. The van der Waals surface area contributed by atoms with Crippen molar-refractivity contribution in [2.24, 2.45) is 0 Å². The molecule has 0 bridgehead atoms. The number of hydrogen-bond acceptors (Lipinski definition) is 9. The molecule has 2 atom stereocenters. The highest BCUT2D eigenvalue weighted by Gasteiger charge is 2.33. The molecule has 1 aliphatic rings. The zero-order chi connectivity index (χ0) is 23.5. The van der Waals surface area contributed by atoms with Gasteiger partial charge in [-0.15, -0.1) is 16.4 Å². The van der Waals surface area contributed by atoms with Crippen molar-refractivity contribution in [3.8, 4) is 11.4 Å². The summed E-state index contributed by atoms with van der Waals surface area (Å²) in [5.74, 6) is 1.22. The Hall–Kier alpha value is -2.83. The third kappa shape index (κ3) is 5.13. The van der Waals surface area contributed by atoms with Gasteiger partial charge in [-0.1, -0.05) is 5.21 Å². The summed E-state index contributed by atoms with van der Waals surface area (Å²) in [7, 11) is 0. The summed E-state index contributed by atoms with van der Waals surface area (Å²) >= 11 is 1.69. The van der Waals surface area contributed by atoms with E-state index in [9.17, 15) is 5.11 Å². The van der Waals surface area contributed by atoms with Crippen LogP contribution in [0.1, 0.15) is 48.1 Å². The number of thiazole rings is 1. The molecule has 5 rings (SSSR count). The van der Waals surface area contributed by atoms with Crippen molar-refractivity contribution in [2.75, 3.05) is 26.4 Å². The third-order valence-electron chi connectivity index (χ3n) is 5.51. The average molecular weight is 486 g/mol.